The lowest BCUT2D eigenvalue weighted by molar-refractivity contribution is 0.629. The fraction of sp³-hybridized carbons (Fsp3) is 0. The molecule has 0 spiro atoms. The van der Waals surface area contributed by atoms with Crippen molar-refractivity contribution in [2.75, 3.05) is 0 Å². The molecule has 4 aromatic carbocycles. The Hall–Kier alpha value is -4.30. The Labute approximate surface area is 154 Å². The zero-order chi connectivity index (χ0) is 19.4. The van der Waals surface area contributed by atoms with Crippen molar-refractivity contribution in [3.63, 3.8) is 0 Å². The minimum atomic E-state index is -0.471. The topological polar surface area (TPSA) is 78.6 Å². The zero-order valence-electron chi connectivity index (χ0n) is 13.9. The second-order valence-corrected chi connectivity index (χ2v) is 6.11. The van der Waals surface area contributed by atoms with Crippen LogP contribution in [-0.4, -0.2) is 9.97 Å². The molecular formula is C20H6F2N6. The van der Waals surface area contributed by atoms with Crippen LogP contribution < -0.4 is 10.7 Å². The van der Waals surface area contributed by atoms with E-state index in [1.165, 1.54) is 30.3 Å². The number of fused-ring (bicyclic) bond motifs is 6. The van der Waals surface area contributed by atoms with Gasteiger partial charge in [0.05, 0.1) is 16.1 Å². The van der Waals surface area contributed by atoms with E-state index in [9.17, 15) is 8.78 Å². The van der Waals surface area contributed by atoms with Gasteiger partial charge in [-0.1, -0.05) is 0 Å². The summed E-state index contributed by atoms with van der Waals surface area (Å²) in [6.07, 6.45) is 1.72. The highest BCUT2D eigenvalue weighted by Crippen LogP contribution is 2.28. The molecule has 0 N–H and O–H groups in total. The molecule has 0 saturated carbocycles. The molecule has 0 saturated heterocycles. The molecule has 1 aromatic heterocycles. The molecule has 0 amide bonds. The molecule has 0 bridgehead atoms. The van der Waals surface area contributed by atoms with E-state index in [4.69, 9.17) is 11.8 Å². The Kier molecular flexibility index (Phi) is 3.18. The summed E-state index contributed by atoms with van der Waals surface area (Å²) in [5.41, 5.74) is 1.49. The fourth-order valence-corrected chi connectivity index (χ4v) is 3.55. The first-order valence-corrected chi connectivity index (χ1v) is 8.07. The SMILES string of the molecule is [C-]#[N+]/N=c1\c2cc(F)ccc2c2nc3/c(=N/C#N)c4cc(F)ccc4c3nc12. The van der Waals surface area contributed by atoms with Gasteiger partial charge in [-0.3, -0.25) is 0 Å². The zero-order valence-corrected chi connectivity index (χ0v) is 13.9. The normalized spacial score (nSPS) is 13.0. The quantitative estimate of drug-likeness (QED) is 0.239. The number of hydrogen-bond acceptors (Lipinski definition) is 5. The number of benzene rings is 2. The molecule has 0 aliphatic carbocycles. The predicted octanol–water partition coefficient (Wildman–Crippen LogP) is 3.36. The van der Waals surface area contributed by atoms with Gasteiger partial charge >= 0.3 is 0 Å². The van der Waals surface area contributed by atoms with Crippen molar-refractivity contribution in [1.29, 1.82) is 5.26 Å². The van der Waals surface area contributed by atoms with Gasteiger partial charge in [-0.25, -0.2) is 18.7 Å². The van der Waals surface area contributed by atoms with Gasteiger partial charge in [-0.15, -0.1) is 4.95 Å². The van der Waals surface area contributed by atoms with Gasteiger partial charge in [0.25, 0.3) is 0 Å². The van der Waals surface area contributed by atoms with Gasteiger partial charge in [0.15, 0.2) is 5.36 Å². The molecule has 5 aromatic rings. The third-order valence-corrected chi connectivity index (χ3v) is 4.64. The van der Waals surface area contributed by atoms with Gasteiger partial charge in [-0.2, -0.15) is 16.8 Å². The van der Waals surface area contributed by atoms with Crippen LogP contribution in [0.3, 0.4) is 0 Å². The average molecular weight is 368 g/mol. The number of halogens is 2. The van der Waals surface area contributed by atoms with Crippen LogP contribution in [-0.2, 0) is 0 Å². The van der Waals surface area contributed by atoms with Crippen molar-refractivity contribution in [2.45, 2.75) is 0 Å². The van der Waals surface area contributed by atoms with Crippen molar-refractivity contribution < 1.29 is 8.78 Å². The van der Waals surface area contributed by atoms with Gasteiger partial charge in [0.1, 0.15) is 28.0 Å². The Balaban J connectivity index is 2.12. The lowest BCUT2D eigenvalue weighted by atomic mass is 10.2. The van der Waals surface area contributed by atoms with Gasteiger partial charge in [0.2, 0.25) is 6.19 Å². The minimum absolute atomic E-state index is 0.224. The van der Waals surface area contributed by atoms with E-state index in [1.807, 2.05) is 0 Å². The Bertz CT molecular complexity index is 1540. The van der Waals surface area contributed by atoms with Crippen molar-refractivity contribution >= 4 is 43.6 Å². The third kappa shape index (κ3) is 2.03. The summed E-state index contributed by atoms with van der Waals surface area (Å²) in [5.74, 6) is -0.940. The van der Waals surface area contributed by atoms with Crippen LogP contribution in [0.25, 0.3) is 48.6 Å². The van der Waals surface area contributed by atoms with Crippen molar-refractivity contribution in [2.24, 2.45) is 10.1 Å². The van der Waals surface area contributed by atoms with Crippen LogP contribution >= 0.6 is 0 Å². The summed E-state index contributed by atoms with van der Waals surface area (Å²) in [6, 6.07) is 8.20. The molecule has 28 heavy (non-hydrogen) atoms. The standard InChI is InChI=1S/C20H6F2N6/c1-24-28-18-14-7-10(22)3-5-12(14)17-20(18)27-16-11-4-2-9(21)6-13(11)15(25-8-23)19(16)26-17/h2-7H/b25-15+,28-18+. The van der Waals surface area contributed by atoms with Crippen molar-refractivity contribution in [1.82, 2.24) is 9.97 Å². The van der Waals surface area contributed by atoms with E-state index >= 15 is 0 Å². The van der Waals surface area contributed by atoms with Crippen LogP contribution in [0.1, 0.15) is 0 Å². The number of nitriles is 1. The summed E-state index contributed by atoms with van der Waals surface area (Å²) in [7, 11) is 0. The van der Waals surface area contributed by atoms with Crippen LogP contribution in [0.15, 0.2) is 46.5 Å². The van der Waals surface area contributed by atoms with Crippen LogP contribution in [0, 0.1) is 29.7 Å². The Morgan fingerprint density at radius 2 is 1.36 bits per heavy atom. The molecule has 6 nitrogen and oxygen atoms in total. The van der Waals surface area contributed by atoms with E-state index in [-0.39, 0.29) is 10.7 Å². The molecule has 0 aliphatic rings. The monoisotopic (exact) mass is 368 g/mol. The summed E-state index contributed by atoms with van der Waals surface area (Å²) in [5, 5.41) is 15.3. The Morgan fingerprint density at radius 1 is 0.821 bits per heavy atom. The molecule has 0 unspecified atom stereocenters. The van der Waals surface area contributed by atoms with Gasteiger partial charge < -0.3 is 0 Å². The summed E-state index contributed by atoms with van der Waals surface area (Å²) < 4.78 is 27.5. The maximum atomic E-state index is 13.8. The second-order valence-electron chi connectivity index (χ2n) is 6.11. The molecule has 5 rings (SSSR count). The third-order valence-electron chi connectivity index (χ3n) is 4.64. The molecule has 0 aliphatic heterocycles. The molecule has 0 fully saturated rings. The summed E-state index contributed by atoms with van der Waals surface area (Å²) in [4.78, 5) is 16.1. The van der Waals surface area contributed by atoms with Crippen LogP contribution in [0.5, 0.6) is 0 Å². The number of hydrogen-bond donors (Lipinski definition) is 0. The maximum Gasteiger partial charge on any atom is 0.206 e. The molecule has 1 heterocycles. The molecular weight excluding hydrogens is 362 g/mol. The first-order valence-electron chi connectivity index (χ1n) is 8.07. The molecule has 130 valence electrons. The maximum absolute atomic E-state index is 13.8. The Morgan fingerprint density at radius 3 is 1.89 bits per heavy atom. The van der Waals surface area contributed by atoms with Crippen LogP contribution in [0.4, 0.5) is 8.78 Å². The highest BCUT2D eigenvalue weighted by molar-refractivity contribution is 6.14. The summed E-state index contributed by atoms with van der Waals surface area (Å²) in [6.45, 7) is 7.08. The number of nitrogens with zero attached hydrogens (tertiary/aromatic N) is 6. The van der Waals surface area contributed by atoms with E-state index in [0.29, 0.717) is 43.6 Å². The van der Waals surface area contributed by atoms with Gasteiger partial charge in [-0.05, 0) is 36.4 Å². The lowest BCUT2D eigenvalue weighted by Crippen LogP contribution is -2.03. The molecule has 0 atom stereocenters. The number of rotatable bonds is 0. The predicted molar refractivity (Wildman–Crippen MR) is 97.7 cm³/mol. The summed E-state index contributed by atoms with van der Waals surface area (Å²) >= 11 is 0. The van der Waals surface area contributed by atoms with E-state index in [2.05, 4.69) is 25.0 Å². The second kappa shape index (κ2) is 5.60. The highest BCUT2D eigenvalue weighted by Gasteiger charge is 2.19. The first kappa shape index (κ1) is 15.9. The lowest BCUT2D eigenvalue weighted by Gasteiger charge is -1.94. The highest BCUT2D eigenvalue weighted by atomic mass is 19.1. The van der Waals surface area contributed by atoms with E-state index in [0.717, 1.165) is 0 Å². The fourth-order valence-electron chi connectivity index (χ4n) is 3.55. The number of aromatic nitrogens is 2. The van der Waals surface area contributed by atoms with E-state index in [1.54, 1.807) is 12.3 Å². The molecule has 8 heteroatoms. The minimum Gasteiger partial charge on any atom is -0.241 e. The average Bonchev–Trinajstić information content (AvgIpc) is 3.13. The van der Waals surface area contributed by atoms with Gasteiger partial charge in [0, 0.05) is 21.5 Å². The smallest absolute Gasteiger partial charge is 0.206 e. The van der Waals surface area contributed by atoms with Crippen molar-refractivity contribution in [3.05, 3.63) is 70.3 Å². The molecule has 0 radical (unpaired) electrons. The van der Waals surface area contributed by atoms with Crippen LogP contribution in [0.2, 0.25) is 0 Å². The van der Waals surface area contributed by atoms with Crippen molar-refractivity contribution in [3.8, 4) is 6.19 Å². The largest absolute Gasteiger partial charge is 0.241 e. The van der Waals surface area contributed by atoms with E-state index < -0.39 is 11.6 Å². The first-order chi connectivity index (χ1) is 13.6.